The van der Waals surface area contributed by atoms with E-state index >= 15 is 0 Å². The molecular formula is C12H17FN2O2S. The Morgan fingerprint density at radius 2 is 2.17 bits per heavy atom. The Hall–Kier alpha value is -1.43. The summed E-state index contributed by atoms with van der Waals surface area (Å²) in [6.07, 6.45) is 1.55. The zero-order chi connectivity index (χ0) is 13.9. The second-order valence-electron chi connectivity index (χ2n) is 4.31. The van der Waals surface area contributed by atoms with Crippen molar-refractivity contribution < 1.29 is 13.4 Å². The van der Waals surface area contributed by atoms with Crippen LogP contribution in [0.1, 0.15) is 22.8 Å². The molecule has 0 heterocycles. The fourth-order valence-corrected chi connectivity index (χ4v) is 2.45. The lowest BCUT2D eigenvalue weighted by molar-refractivity contribution is 0.0939. The van der Waals surface area contributed by atoms with Crippen molar-refractivity contribution in [3.63, 3.8) is 0 Å². The van der Waals surface area contributed by atoms with Gasteiger partial charge in [-0.25, -0.2) is 4.39 Å². The average Bonchev–Trinajstić information content (AvgIpc) is 2.21. The van der Waals surface area contributed by atoms with Crippen LogP contribution in [0.2, 0.25) is 0 Å². The Kier molecular flexibility index (Phi) is 4.84. The van der Waals surface area contributed by atoms with E-state index in [0.29, 0.717) is 17.0 Å². The van der Waals surface area contributed by atoms with E-state index in [1.54, 1.807) is 20.1 Å². The SMILES string of the molecule is Cc1cc(N)cc(C(=O)NC(C)CS(C)=O)c1F. The molecule has 0 saturated carbocycles. The zero-order valence-electron chi connectivity index (χ0n) is 10.6. The van der Waals surface area contributed by atoms with Crippen LogP contribution in [0.4, 0.5) is 10.1 Å². The van der Waals surface area contributed by atoms with Crippen LogP contribution in [0, 0.1) is 12.7 Å². The minimum Gasteiger partial charge on any atom is -0.399 e. The molecule has 100 valence electrons. The number of carbonyl (C=O) groups excluding carboxylic acids is 1. The van der Waals surface area contributed by atoms with E-state index in [9.17, 15) is 13.4 Å². The van der Waals surface area contributed by atoms with Gasteiger partial charge in [-0.15, -0.1) is 0 Å². The first-order valence-electron chi connectivity index (χ1n) is 5.47. The first-order valence-corrected chi connectivity index (χ1v) is 7.20. The molecule has 0 bridgehead atoms. The molecule has 0 fully saturated rings. The first-order chi connectivity index (χ1) is 8.31. The van der Waals surface area contributed by atoms with E-state index in [-0.39, 0.29) is 11.6 Å². The van der Waals surface area contributed by atoms with Gasteiger partial charge in [0.15, 0.2) is 0 Å². The molecule has 2 unspecified atom stereocenters. The summed E-state index contributed by atoms with van der Waals surface area (Å²) in [6, 6.07) is 2.48. The molecule has 0 saturated heterocycles. The van der Waals surface area contributed by atoms with E-state index in [0.717, 1.165) is 0 Å². The molecule has 1 rings (SSSR count). The van der Waals surface area contributed by atoms with Crippen molar-refractivity contribution in [1.29, 1.82) is 0 Å². The van der Waals surface area contributed by atoms with Gasteiger partial charge in [0.2, 0.25) is 0 Å². The van der Waals surface area contributed by atoms with Crippen LogP contribution in [-0.2, 0) is 10.8 Å². The van der Waals surface area contributed by atoms with Crippen LogP contribution >= 0.6 is 0 Å². The van der Waals surface area contributed by atoms with Crippen LogP contribution in [0.5, 0.6) is 0 Å². The van der Waals surface area contributed by atoms with E-state index in [2.05, 4.69) is 5.32 Å². The van der Waals surface area contributed by atoms with Gasteiger partial charge >= 0.3 is 0 Å². The largest absolute Gasteiger partial charge is 0.399 e. The summed E-state index contributed by atoms with van der Waals surface area (Å²) in [7, 11) is -1.02. The van der Waals surface area contributed by atoms with Crippen LogP contribution in [0.3, 0.4) is 0 Å². The van der Waals surface area contributed by atoms with Gasteiger partial charge < -0.3 is 11.1 Å². The maximum atomic E-state index is 13.8. The fraction of sp³-hybridized carbons (Fsp3) is 0.417. The Bertz CT molecular complexity index is 491. The highest BCUT2D eigenvalue weighted by Crippen LogP contribution is 2.17. The molecule has 6 heteroatoms. The van der Waals surface area contributed by atoms with Crippen LogP contribution in [0.15, 0.2) is 12.1 Å². The van der Waals surface area contributed by atoms with Gasteiger partial charge in [-0.05, 0) is 31.5 Å². The molecule has 0 aromatic heterocycles. The predicted molar refractivity (Wildman–Crippen MR) is 71.4 cm³/mol. The standard InChI is InChI=1S/C12H17FN2O2S/c1-7-4-9(14)5-10(11(7)13)12(16)15-8(2)6-18(3)17/h4-5,8H,6,14H2,1-3H3,(H,15,16). The number of carbonyl (C=O) groups is 1. The third-order valence-electron chi connectivity index (χ3n) is 2.38. The van der Waals surface area contributed by atoms with Crippen molar-refractivity contribution in [1.82, 2.24) is 5.32 Å². The molecule has 0 spiro atoms. The molecule has 4 nitrogen and oxygen atoms in total. The van der Waals surface area contributed by atoms with Gasteiger partial charge in [-0.3, -0.25) is 9.00 Å². The number of hydrogen-bond acceptors (Lipinski definition) is 3. The summed E-state index contributed by atoms with van der Waals surface area (Å²) in [5.41, 5.74) is 6.16. The highest BCUT2D eigenvalue weighted by Gasteiger charge is 2.16. The summed E-state index contributed by atoms with van der Waals surface area (Å²) in [4.78, 5) is 11.9. The van der Waals surface area contributed by atoms with Gasteiger partial charge in [0, 0.05) is 34.5 Å². The number of amides is 1. The van der Waals surface area contributed by atoms with E-state index in [1.807, 2.05) is 0 Å². The lowest BCUT2D eigenvalue weighted by Crippen LogP contribution is -2.36. The first kappa shape index (κ1) is 14.6. The maximum absolute atomic E-state index is 13.8. The normalized spacial score (nSPS) is 14.0. The number of nitrogen functional groups attached to an aromatic ring is 1. The Morgan fingerprint density at radius 1 is 1.56 bits per heavy atom. The van der Waals surface area contributed by atoms with E-state index in [1.165, 1.54) is 12.1 Å². The molecule has 0 aliphatic carbocycles. The summed E-state index contributed by atoms with van der Waals surface area (Å²) in [5.74, 6) is -0.790. The van der Waals surface area contributed by atoms with Crippen molar-refractivity contribution >= 4 is 22.4 Å². The summed E-state index contributed by atoms with van der Waals surface area (Å²) in [6.45, 7) is 3.27. The maximum Gasteiger partial charge on any atom is 0.254 e. The quantitative estimate of drug-likeness (QED) is 0.809. The van der Waals surface area contributed by atoms with Gasteiger partial charge in [-0.2, -0.15) is 0 Å². The highest BCUT2D eigenvalue weighted by atomic mass is 32.2. The van der Waals surface area contributed by atoms with Crippen LogP contribution < -0.4 is 11.1 Å². The number of nitrogens with one attached hydrogen (secondary N) is 1. The van der Waals surface area contributed by atoms with Gasteiger partial charge in [-0.1, -0.05) is 0 Å². The minimum atomic E-state index is -1.02. The number of aryl methyl sites for hydroxylation is 1. The highest BCUT2D eigenvalue weighted by molar-refractivity contribution is 7.84. The van der Waals surface area contributed by atoms with Crippen molar-refractivity contribution in [2.24, 2.45) is 0 Å². The molecule has 0 aliphatic rings. The van der Waals surface area contributed by atoms with Crippen molar-refractivity contribution in [2.75, 3.05) is 17.7 Å². The Balaban J connectivity index is 2.88. The second kappa shape index (κ2) is 5.95. The lowest BCUT2D eigenvalue weighted by atomic mass is 10.1. The molecule has 1 aromatic carbocycles. The molecule has 18 heavy (non-hydrogen) atoms. The molecule has 0 aliphatic heterocycles. The monoisotopic (exact) mass is 272 g/mol. The number of benzene rings is 1. The Morgan fingerprint density at radius 3 is 2.72 bits per heavy atom. The second-order valence-corrected chi connectivity index (χ2v) is 5.79. The number of nitrogens with two attached hydrogens (primary N) is 1. The molecule has 1 amide bonds. The smallest absolute Gasteiger partial charge is 0.254 e. The molecule has 2 atom stereocenters. The van der Waals surface area contributed by atoms with Crippen LogP contribution in [-0.4, -0.2) is 28.2 Å². The third kappa shape index (κ3) is 3.80. The third-order valence-corrected chi connectivity index (χ3v) is 3.35. The van der Waals surface area contributed by atoms with E-state index in [4.69, 9.17) is 5.73 Å². The average molecular weight is 272 g/mol. The molecule has 0 radical (unpaired) electrons. The van der Waals surface area contributed by atoms with Crippen molar-refractivity contribution in [2.45, 2.75) is 19.9 Å². The molecular weight excluding hydrogens is 255 g/mol. The van der Waals surface area contributed by atoms with Crippen molar-refractivity contribution in [3.8, 4) is 0 Å². The van der Waals surface area contributed by atoms with E-state index < -0.39 is 22.5 Å². The number of rotatable bonds is 4. The van der Waals surface area contributed by atoms with Crippen LogP contribution in [0.25, 0.3) is 0 Å². The fourth-order valence-electron chi connectivity index (χ4n) is 1.66. The summed E-state index contributed by atoms with van der Waals surface area (Å²) < 4.78 is 24.8. The predicted octanol–water partition coefficient (Wildman–Crippen LogP) is 1.21. The molecule has 1 aromatic rings. The minimum absolute atomic E-state index is 0.0822. The van der Waals surface area contributed by atoms with Gasteiger partial charge in [0.25, 0.3) is 5.91 Å². The van der Waals surface area contributed by atoms with Gasteiger partial charge in [0.1, 0.15) is 5.82 Å². The number of anilines is 1. The number of halogens is 1. The molecule has 3 N–H and O–H groups in total. The van der Waals surface area contributed by atoms with Crippen molar-refractivity contribution in [3.05, 3.63) is 29.1 Å². The lowest BCUT2D eigenvalue weighted by Gasteiger charge is -2.13. The summed E-state index contributed by atoms with van der Waals surface area (Å²) >= 11 is 0. The topological polar surface area (TPSA) is 72.2 Å². The number of hydrogen-bond donors (Lipinski definition) is 2. The zero-order valence-corrected chi connectivity index (χ0v) is 11.4. The Labute approximate surface area is 108 Å². The summed E-state index contributed by atoms with van der Waals surface area (Å²) in [5, 5.41) is 2.60. The van der Waals surface area contributed by atoms with Gasteiger partial charge in [0.05, 0.1) is 5.56 Å².